The van der Waals surface area contributed by atoms with Crippen molar-refractivity contribution in [1.82, 2.24) is 28.5 Å². The van der Waals surface area contributed by atoms with Crippen molar-refractivity contribution in [2.45, 2.75) is 31.0 Å². The molecule has 0 spiro atoms. The number of aliphatic hydroxyl groups is 1. The molecule has 0 radical (unpaired) electrons. The predicted octanol–water partition coefficient (Wildman–Crippen LogP) is 1.86. The molecule has 0 saturated carbocycles. The van der Waals surface area contributed by atoms with Crippen LogP contribution in [0.15, 0.2) is 36.7 Å². The molecule has 2 aliphatic rings. The Bertz CT molecular complexity index is 2640. The molecule has 2 aliphatic heterocycles. The first-order valence-corrected chi connectivity index (χ1v) is 29.6. The summed E-state index contributed by atoms with van der Waals surface area (Å²) in [4.78, 5) is 53.5. The zero-order valence-corrected chi connectivity index (χ0v) is 40.5. The van der Waals surface area contributed by atoms with Gasteiger partial charge in [0.05, 0.1) is 62.6 Å². The van der Waals surface area contributed by atoms with Gasteiger partial charge in [-0.25, -0.2) is 44.4 Å². The number of aliphatic hydroxyl groups excluding tert-OH is 1. The number of nitrogens with zero attached hydrogens (tertiary/aromatic N) is 6. The number of rotatable bonds is 12. The van der Waals surface area contributed by atoms with E-state index in [9.17, 15) is 53.9 Å². The van der Waals surface area contributed by atoms with Crippen molar-refractivity contribution in [1.29, 1.82) is 0 Å². The Morgan fingerprint density at radius 3 is 1.61 bits per heavy atom. The van der Waals surface area contributed by atoms with Gasteiger partial charge in [0.25, 0.3) is 0 Å². The van der Waals surface area contributed by atoms with Crippen LogP contribution in [0.1, 0.15) is 44.7 Å². The fourth-order valence-corrected chi connectivity index (χ4v) is 7.96. The first-order valence-electron chi connectivity index (χ1n) is 18.2. The number of carbonyl (C=O) groups is 3. The third-order valence-corrected chi connectivity index (χ3v) is 12.1. The number of ether oxygens (including phenoxy) is 2. The fourth-order valence-electron chi connectivity index (χ4n) is 6.30. The minimum atomic E-state index is -3.49. The molecule has 6 rings (SSSR count). The molecule has 348 valence electrons. The molecule has 0 bridgehead atoms. The van der Waals surface area contributed by atoms with Crippen LogP contribution in [-0.4, -0.2) is 139 Å². The minimum absolute atomic E-state index is 0.0161. The van der Waals surface area contributed by atoms with E-state index in [2.05, 4.69) is 50.1 Å². The van der Waals surface area contributed by atoms with Gasteiger partial charge in [-0.1, -0.05) is 0 Å². The van der Waals surface area contributed by atoms with E-state index in [4.69, 9.17) is 20.9 Å². The van der Waals surface area contributed by atoms with Gasteiger partial charge in [0, 0.05) is 32.0 Å². The number of anilines is 4. The number of piperidine rings is 2. The van der Waals surface area contributed by atoms with E-state index < -0.39 is 84.2 Å². The van der Waals surface area contributed by atoms with Crippen LogP contribution in [0.3, 0.4) is 0 Å². The zero-order valence-electron chi connectivity index (χ0n) is 34.0. The molecule has 4 heterocycles. The molecule has 2 aromatic carbocycles. The number of nitrogens with one attached hydrogen (secondary N) is 2. The molecule has 0 aliphatic carbocycles. The molecule has 0 amide bonds. The van der Waals surface area contributed by atoms with Crippen LogP contribution >= 0.6 is 19.5 Å². The number of hydrogen-bond donors (Lipinski definition) is 5. The molecule has 7 N–H and O–H groups in total. The summed E-state index contributed by atoms with van der Waals surface area (Å²) >= 11 is 3.90. The molecular formula is C36H40F4IN10O10ReS2. The Morgan fingerprint density at radius 1 is 0.781 bits per heavy atom. The number of aromatic nitrogens is 4. The standard InChI is InChI=1S/C18H21F2N5O5S.C18H19F2N5O5S.HI.Re/c2*1-30-13-4-3-10(19)15(20)14(13)16(27)9-7-22-18(24-17(9)21)23-11-5-6-25(8-12(11)26)31(2,28)29;;/h3-4,7,11-12,26H,5-6,8H2,1-2H3,(H3,21,22,23,24);3-4,7,11H,5-6,8H2,1-2H3,(H3,21,22,23,24);1H;/q;;;+1/p-1/t11-,12-;;;/m1.../s1. The number of halogens is 5. The predicted molar refractivity (Wildman–Crippen MR) is 227 cm³/mol. The Kier molecular flexibility index (Phi) is 17.8. The van der Waals surface area contributed by atoms with Gasteiger partial charge in [-0.2, -0.15) is 18.6 Å². The number of methoxy groups -OCH3 is 2. The van der Waals surface area contributed by atoms with Crippen molar-refractivity contribution in [2.75, 3.05) is 75.0 Å². The molecule has 4 aromatic rings. The average molecular weight is 1230 g/mol. The van der Waals surface area contributed by atoms with E-state index >= 15 is 0 Å². The molecule has 2 saturated heterocycles. The third-order valence-electron chi connectivity index (χ3n) is 9.62. The van der Waals surface area contributed by atoms with Gasteiger partial charge in [0.2, 0.25) is 43.5 Å². The summed E-state index contributed by atoms with van der Waals surface area (Å²) in [5.74, 6) is -8.63. The fraction of sp³-hybridized carbons (Fsp3) is 0.361. The number of sulfonamides is 2. The van der Waals surface area contributed by atoms with Crippen LogP contribution in [-0.2, 0) is 40.4 Å². The van der Waals surface area contributed by atoms with Crippen molar-refractivity contribution >= 4 is 80.4 Å². The van der Waals surface area contributed by atoms with Crippen molar-refractivity contribution in [3.63, 3.8) is 0 Å². The van der Waals surface area contributed by atoms with Crippen molar-refractivity contribution in [3.8, 4) is 11.5 Å². The van der Waals surface area contributed by atoms with E-state index in [1.54, 1.807) is 15.6 Å². The first kappa shape index (κ1) is 51.9. The summed E-state index contributed by atoms with van der Waals surface area (Å²) in [5, 5.41) is 15.8. The van der Waals surface area contributed by atoms with Gasteiger partial charge < -0.3 is 36.7 Å². The Morgan fingerprint density at radius 2 is 1.22 bits per heavy atom. The summed E-state index contributed by atoms with van der Waals surface area (Å²) in [6.07, 6.45) is 3.58. The molecule has 3 atom stereocenters. The number of nitrogen functional groups attached to an aromatic ring is 2. The Balaban J connectivity index is 0.000000270. The number of benzene rings is 2. The topological polar surface area (TPSA) is 292 Å². The number of carbonyl (C=O) groups excluding carboxylic acids is 3. The van der Waals surface area contributed by atoms with E-state index in [-0.39, 0.29) is 91.0 Å². The van der Waals surface area contributed by atoms with Gasteiger partial charge in [-0.15, -0.1) is 0 Å². The van der Waals surface area contributed by atoms with Gasteiger partial charge in [-0.3, -0.25) is 14.4 Å². The number of hydrogen-bond acceptors (Lipinski definition) is 18. The molecule has 2 aromatic heterocycles. The van der Waals surface area contributed by atoms with Gasteiger partial charge in [0.15, 0.2) is 29.1 Å². The van der Waals surface area contributed by atoms with Crippen molar-refractivity contribution in [2.24, 2.45) is 0 Å². The molecule has 2 fully saturated rings. The summed E-state index contributed by atoms with van der Waals surface area (Å²) in [5.41, 5.74) is 9.82. The zero-order chi connectivity index (χ0) is 47.8. The molecule has 1 unspecified atom stereocenters. The van der Waals surface area contributed by atoms with Gasteiger partial charge in [0.1, 0.15) is 34.3 Å². The van der Waals surface area contributed by atoms with Crippen LogP contribution in [0.4, 0.5) is 41.1 Å². The second kappa shape index (κ2) is 22.0. The van der Waals surface area contributed by atoms with E-state index in [1.165, 1.54) is 14.2 Å². The third kappa shape index (κ3) is 12.3. The number of Topliss-reactive ketones (excluding diaryl/α,β-unsaturated/α-hetero) is 1. The summed E-state index contributed by atoms with van der Waals surface area (Å²) < 4.78 is 114. The van der Waals surface area contributed by atoms with Crippen LogP contribution in [0.5, 0.6) is 11.5 Å². The number of ketones is 3. The first-order chi connectivity index (χ1) is 30.0. The molecule has 20 nitrogen and oxygen atoms in total. The second-order valence-electron chi connectivity index (χ2n) is 13.8. The van der Waals surface area contributed by atoms with Crippen LogP contribution in [0.25, 0.3) is 0 Å². The summed E-state index contributed by atoms with van der Waals surface area (Å²) in [7, 11) is -4.51. The summed E-state index contributed by atoms with van der Waals surface area (Å²) in [6, 6.07) is 2.57. The van der Waals surface area contributed by atoms with Crippen LogP contribution in [0.2, 0.25) is 0 Å². The Hall–Kier alpha value is -4.70. The van der Waals surface area contributed by atoms with E-state index in [0.717, 1.165) is 57.8 Å². The quantitative estimate of drug-likeness (QED) is 0.0769. The number of β-amino-alcohol motifs (C(OH)–C–C–N with tert-alkyl or cyclic N) is 1. The molecule has 64 heavy (non-hydrogen) atoms. The molecule has 28 heteroatoms. The maximum atomic E-state index is 14.2. The van der Waals surface area contributed by atoms with Crippen molar-refractivity contribution < 1.29 is 78.9 Å². The second-order valence-corrected chi connectivity index (χ2v) is 17.8. The van der Waals surface area contributed by atoms with Crippen molar-refractivity contribution in [3.05, 3.63) is 82.2 Å². The monoisotopic (exact) mass is 1230 g/mol. The van der Waals surface area contributed by atoms with Crippen LogP contribution < -0.4 is 31.6 Å². The van der Waals surface area contributed by atoms with E-state index in [0.29, 0.717) is 0 Å². The van der Waals surface area contributed by atoms with Gasteiger partial charge in [-0.05, 0) is 37.1 Å². The van der Waals surface area contributed by atoms with Gasteiger partial charge >= 0.3 is 35.1 Å². The SMILES string of the molecule is COc1ccc(F)c(F)c1C(=O)c1cnc(NC2CCN(S(C)(=O)=O)CC2=O)nc1N.COc1ccc(F)c(F)c1C(=O)c1cnc(N[C@@H]2CCN(S(C)(=O)=O)C[C@H]2O)nc1N.[I][Re]. The Labute approximate surface area is 385 Å². The normalized spacial score (nSPS) is 18.1. The number of nitrogens with two attached hydrogens (primary N) is 2. The molecular weight excluding hydrogens is 1190 g/mol. The summed E-state index contributed by atoms with van der Waals surface area (Å²) in [6.45, 7) is -0.0619. The van der Waals surface area contributed by atoms with Crippen LogP contribution in [0, 0.1) is 23.3 Å². The van der Waals surface area contributed by atoms with E-state index in [1.807, 2.05) is 0 Å². The maximum absolute atomic E-state index is 14.2. The average Bonchev–Trinajstić information content (AvgIpc) is 3.24.